The number of thioether (sulfide) groups is 1. The first kappa shape index (κ1) is 20.0. The average molecular weight is 400 g/mol. The lowest BCUT2D eigenvalue weighted by Crippen LogP contribution is -2.25. The van der Waals surface area contributed by atoms with Gasteiger partial charge in [-0.25, -0.2) is 4.68 Å². The van der Waals surface area contributed by atoms with Crippen LogP contribution in [0, 0.1) is 13.8 Å². The molecule has 0 aliphatic rings. The van der Waals surface area contributed by atoms with E-state index in [-0.39, 0.29) is 5.91 Å². The first-order valence-electron chi connectivity index (χ1n) is 9.11. The van der Waals surface area contributed by atoms with Crippen LogP contribution in [-0.4, -0.2) is 26.0 Å². The van der Waals surface area contributed by atoms with E-state index in [0.717, 1.165) is 22.4 Å². The number of hydrogen-bond acceptors (Lipinski definition) is 6. The number of carbonyl (C=O) groups excluding carboxylic acids is 1. The fraction of sp³-hybridized carbons (Fsp3) is 0.350. The molecule has 8 heteroatoms. The number of rotatable bonds is 6. The maximum absolute atomic E-state index is 12.8. The third-order valence-electron chi connectivity index (χ3n) is 4.59. The summed E-state index contributed by atoms with van der Waals surface area (Å²) < 4.78 is 6.69. The van der Waals surface area contributed by atoms with Gasteiger partial charge in [-0.3, -0.25) is 4.79 Å². The van der Waals surface area contributed by atoms with Crippen molar-refractivity contribution >= 4 is 23.4 Å². The summed E-state index contributed by atoms with van der Waals surface area (Å²) in [6.07, 6.45) is 1.58. The van der Waals surface area contributed by atoms with Gasteiger partial charge in [-0.15, -0.1) is 10.2 Å². The molecule has 2 heterocycles. The van der Waals surface area contributed by atoms with Crippen molar-refractivity contribution < 1.29 is 9.21 Å². The van der Waals surface area contributed by atoms with Crippen LogP contribution in [0.5, 0.6) is 0 Å². The maximum atomic E-state index is 12.8. The Morgan fingerprint density at radius 3 is 2.61 bits per heavy atom. The lowest BCUT2D eigenvalue weighted by molar-refractivity contribution is -0.115. The lowest BCUT2D eigenvalue weighted by Gasteiger charge is -2.18. The molecule has 0 aliphatic heterocycles. The Hall–Kier alpha value is -2.74. The van der Waals surface area contributed by atoms with Gasteiger partial charge in [0.05, 0.1) is 17.1 Å². The highest BCUT2D eigenvalue weighted by atomic mass is 32.2. The van der Waals surface area contributed by atoms with E-state index in [2.05, 4.69) is 29.4 Å². The second-order valence-electron chi connectivity index (χ2n) is 7.01. The Bertz CT molecular complexity index is 992. The average Bonchev–Trinajstić information content (AvgIpc) is 3.22. The van der Waals surface area contributed by atoms with Crippen LogP contribution in [0.4, 0.5) is 5.69 Å². The molecular weight excluding hydrogens is 374 g/mol. The van der Waals surface area contributed by atoms with Gasteiger partial charge in [-0.2, -0.15) is 0 Å². The van der Waals surface area contributed by atoms with Gasteiger partial charge in [0.15, 0.2) is 5.82 Å². The summed E-state index contributed by atoms with van der Waals surface area (Å²) in [4.78, 5) is 12.8. The van der Waals surface area contributed by atoms with Gasteiger partial charge in [0.25, 0.3) is 0 Å². The van der Waals surface area contributed by atoms with E-state index in [1.54, 1.807) is 12.3 Å². The fourth-order valence-corrected chi connectivity index (χ4v) is 3.71. The summed E-state index contributed by atoms with van der Waals surface area (Å²) in [5.41, 5.74) is 3.81. The Kier molecular flexibility index (Phi) is 5.79. The van der Waals surface area contributed by atoms with Crippen LogP contribution < -0.4 is 11.2 Å². The van der Waals surface area contributed by atoms with Crippen LogP contribution in [0.25, 0.3) is 11.4 Å². The normalized spacial score (nSPS) is 12.4. The molecule has 7 nitrogen and oxygen atoms in total. The highest BCUT2D eigenvalue weighted by molar-refractivity contribution is 8.00. The Morgan fingerprint density at radius 1 is 1.21 bits per heavy atom. The molecular formula is C20H25N5O2S. The zero-order valence-electron chi connectivity index (χ0n) is 16.7. The third kappa shape index (κ3) is 3.91. The molecule has 0 bridgehead atoms. The van der Waals surface area contributed by atoms with Crippen molar-refractivity contribution in [3.63, 3.8) is 0 Å². The summed E-state index contributed by atoms with van der Waals surface area (Å²) >= 11 is 1.26. The molecule has 0 spiro atoms. The van der Waals surface area contributed by atoms with E-state index in [1.165, 1.54) is 16.4 Å². The lowest BCUT2D eigenvalue weighted by atomic mass is 9.98. The minimum Gasteiger partial charge on any atom is -0.469 e. The Balaban J connectivity index is 1.76. The van der Waals surface area contributed by atoms with Gasteiger partial charge in [0, 0.05) is 5.69 Å². The Labute approximate surface area is 168 Å². The van der Waals surface area contributed by atoms with Crippen molar-refractivity contribution in [2.45, 2.75) is 50.9 Å². The smallest absolute Gasteiger partial charge is 0.237 e. The van der Waals surface area contributed by atoms with E-state index in [4.69, 9.17) is 10.3 Å². The molecule has 3 rings (SSSR count). The van der Waals surface area contributed by atoms with Crippen LogP contribution in [0.1, 0.15) is 43.6 Å². The van der Waals surface area contributed by atoms with Gasteiger partial charge < -0.3 is 15.6 Å². The van der Waals surface area contributed by atoms with Gasteiger partial charge in [-0.1, -0.05) is 43.8 Å². The molecule has 1 atom stereocenters. The first-order valence-corrected chi connectivity index (χ1v) is 9.99. The third-order valence-corrected chi connectivity index (χ3v) is 5.65. The van der Waals surface area contributed by atoms with Gasteiger partial charge in [0.1, 0.15) is 5.76 Å². The van der Waals surface area contributed by atoms with Crippen molar-refractivity contribution in [3.8, 4) is 11.4 Å². The molecule has 1 unspecified atom stereocenters. The van der Waals surface area contributed by atoms with Gasteiger partial charge in [0.2, 0.25) is 11.1 Å². The Morgan fingerprint density at radius 2 is 1.96 bits per heavy atom. The van der Waals surface area contributed by atoms with E-state index in [9.17, 15) is 4.79 Å². The first-order chi connectivity index (χ1) is 13.3. The van der Waals surface area contributed by atoms with Crippen LogP contribution in [0.2, 0.25) is 0 Å². The van der Waals surface area contributed by atoms with Crippen molar-refractivity contribution in [3.05, 3.63) is 47.4 Å². The number of amides is 1. The molecule has 0 radical (unpaired) electrons. The van der Waals surface area contributed by atoms with Crippen molar-refractivity contribution in [1.29, 1.82) is 0 Å². The van der Waals surface area contributed by atoms with Crippen molar-refractivity contribution in [1.82, 2.24) is 14.9 Å². The molecule has 148 valence electrons. The van der Waals surface area contributed by atoms with E-state index in [0.29, 0.717) is 22.7 Å². The second kappa shape index (κ2) is 8.10. The predicted molar refractivity (Wildman–Crippen MR) is 112 cm³/mol. The zero-order valence-corrected chi connectivity index (χ0v) is 17.5. The second-order valence-corrected chi connectivity index (χ2v) is 8.32. The molecule has 28 heavy (non-hydrogen) atoms. The molecule has 3 aromatic rings. The number of benzene rings is 1. The summed E-state index contributed by atoms with van der Waals surface area (Å²) in [6, 6.07) is 7.84. The van der Waals surface area contributed by atoms with Crippen molar-refractivity contribution in [2.24, 2.45) is 0 Å². The molecule has 0 saturated carbocycles. The standard InChI is InChI=1S/C20H25N5O2S/c1-11(2)15-8-6-7-12(3)17(15)22-19(26)14(5)28-20-24-23-18(25(20)21)16-9-10-27-13(16)4/h6-11,14H,21H2,1-5H3,(H,22,26). The molecule has 1 aromatic carbocycles. The predicted octanol–water partition coefficient (Wildman–Crippen LogP) is 4.11. The SMILES string of the molecule is Cc1cccc(C(C)C)c1NC(=O)C(C)Sc1nnc(-c2ccoc2C)n1N. The topological polar surface area (TPSA) is 99.0 Å². The number of anilines is 1. The quantitative estimate of drug-likeness (QED) is 0.478. The summed E-state index contributed by atoms with van der Waals surface area (Å²) in [5.74, 6) is 7.57. The number of nitrogens with zero attached hydrogens (tertiary/aromatic N) is 3. The number of furan rings is 1. The minimum absolute atomic E-state index is 0.106. The fourth-order valence-electron chi connectivity index (χ4n) is 2.94. The number of para-hydroxylation sites is 1. The van der Waals surface area contributed by atoms with Crippen LogP contribution in [0.3, 0.4) is 0 Å². The van der Waals surface area contributed by atoms with Gasteiger partial charge >= 0.3 is 0 Å². The number of carbonyl (C=O) groups is 1. The monoisotopic (exact) mass is 399 g/mol. The molecule has 3 N–H and O–H groups in total. The zero-order chi connectivity index (χ0) is 20.4. The van der Waals surface area contributed by atoms with Crippen LogP contribution >= 0.6 is 11.8 Å². The molecule has 0 saturated heterocycles. The number of aryl methyl sites for hydroxylation is 2. The molecule has 0 aliphatic carbocycles. The minimum atomic E-state index is -0.399. The summed E-state index contributed by atoms with van der Waals surface area (Å²) in [5, 5.41) is 11.4. The van der Waals surface area contributed by atoms with Crippen LogP contribution in [0.15, 0.2) is 40.1 Å². The number of hydrogen-bond donors (Lipinski definition) is 2. The highest BCUT2D eigenvalue weighted by Crippen LogP contribution is 2.30. The van der Waals surface area contributed by atoms with Crippen LogP contribution in [-0.2, 0) is 4.79 Å². The summed E-state index contributed by atoms with van der Waals surface area (Å²) in [7, 11) is 0. The molecule has 0 fully saturated rings. The molecule has 1 amide bonds. The number of nitrogen functional groups attached to an aromatic ring is 1. The molecule has 2 aromatic heterocycles. The maximum Gasteiger partial charge on any atom is 0.237 e. The van der Waals surface area contributed by atoms with E-state index < -0.39 is 5.25 Å². The van der Waals surface area contributed by atoms with Crippen molar-refractivity contribution in [2.75, 3.05) is 11.2 Å². The number of aromatic nitrogens is 3. The van der Waals surface area contributed by atoms with E-state index in [1.807, 2.05) is 39.0 Å². The van der Waals surface area contributed by atoms with Gasteiger partial charge in [-0.05, 0) is 43.9 Å². The number of nitrogens with one attached hydrogen (secondary N) is 1. The number of nitrogens with two attached hydrogens (primary N) is 1. The summed E-state index contributed by atoms with van der Waals surface area (Å²) in [6.45, 7) is 9.87. The largest absolute Gasteiger partial charge is 0.469 e. The van der Waals surface area contributed by atoms with E-state index >= 15 is 0 Å². The highest BCUT2D eigenvalue weighted by Gasteiger charge is 2.22.